The van der Waals surface area contributed by atoms with Crippen LogP contribution in [-0.4, -0.2) is 74.7 Å². The Kier molecular flexibility index (Phi) is 6.16. The second-order valence-electron chi connectivity index (χ2n) is 10.7. The predicted molar refractivity (Wildman–Crippen MR) is 149 cm³/mol. The summed E-state index contributed by atoms with van der Waals surface area (Å²) in [7, 11) is 0. The van der Waals surface area contributed by atoms with Gasteiger partial charge in [0.05, 0.1) is 29.4 Å². The average Bonchev–Trinajstić information content (AvgIpc) is 3.56. The Labute approximate surface area is 225 Å². The zero-order valence-electron chi connectivity index (χ0n) is 21.7. The van der Waals surface area contributed by atoms with E-state index in [-0.39, 0.29) is 5.92 Å². The number of ether oxygens (including phenoxy) is 1. The Morgan fingerprint density at radius 1 is 1.21 bits per heavy atom. The number of carbonyl (C=O) groups excluding carboxylic acids is 1. The smallest absolute Gasteiger partial charge is 0.226 e. The summed E-state index contributed by atoms with van der Waals surface area (Å²) in [5, 5.41) is 12.8. The highest BCUT2D eigenvalue weighted by Gasteiger charge is 2.36. The van der Waals surface area contributed by atoms with Gasteiger partial charge < -0.3 is 15.0 Å². The van der Waals surface area contributed by atoms with E-state index in [1.54, 1.807) is 17.7 Å². The quantitative estimate of drug-likeness (QED) is 0.391. The van der Waals surface area contributed by atoms with Gasteiger partial charge in [-0.15, -0.1) is 11.3 Å². The number of aromatic amines is 1. The van der Waals surface area contributed by atoms with Gasteiger partial charge in [-0.2, -0.15) is 5.10 Å². The highest BCUT2D eigenvalue weighted by atomic mass is 32.1. The number of anilines is 2. The average molecular weight is 532 g/mol. The number of aromatic nitrogens is 4. The minimum absolute atomic E-state index is 0.0585. The molecule has 10 heteroatoms. The van der Waals surface area contributed by atoms with Gasteiger partial charge in [0.1, 0.15) is 22.7 Å². The van der Waals surface area contributed by atoms with Crippen LogP contribution in [0.25, 0.3) is 21.1 Å². The van der Waals surface area contributed by atoms with Crippen molar-refractivity contribution in [1.82, 2.24) is 30.0 Å². The molecular weight excluding hydrogens is 498 g/mol. The summed E-state index contributed by atoms with van der Waals surface area (Å²) in [5.74, 6) is 1.94. The molecule has 5 heterocycles. The molecule has 38 heavy (non-hydrogen) atoms. The van der Waals surface area contributed by atoms with Crippen molar-refractivity contribution in [2.45, 2.75) is 51.5 Å². The third kappa shape index (κ3) is 4.19. The number of piperidine rings is 1. The normalized spacial score (nSPS) is 21.9. The first kappa shape index (κ1) is 23.8. The summed E-state index contributed by atoms with van der Waals surface area (Å²) >= 11 is 1.71. The largest absolute Gasteiger partial charge is 0.492 e. The Morgan fingerprint density at radius 2 is 2.16 bits per heavy atom. The number of nitrogens with zero attached hydrogens (tertiary/aromatic N) is 5. The number of piperazine rings is 1. The summed E-state index contributed by atoms with van der Waals surface area (Å²) < 4.78 is 5.93. The summed E-state index contributed by atoms with van der Waals surface area (Å²) in [6, 6.07) is 4.56. The number of rotatable bonds is 5. The van der Waals surface area contributed by atoms with E-state index in [1.807, 2.05) is 25.3 Å². The van der Waals surface area contributed by atoms with E-state index in [2.05, 4.69) is 35.3 Å². The summed E-state index contributed by atoms with van der Waals surface area (Å²) in [6.45, 7) is 6.53. The molecule has 2 aliphatic heterocycles. The van der Waals surface area contributed by atoms with Gasteiger partial charge in [0.2, 0.25) is 5.91 Å². The van der Waals surface area contributed by atoms with Crippen molar-refractivity contribution in [2.24, 2.45) is 5.92 Å². The van der Waals surface area contributed by atoms with Gasteiger partial charge in [-0.05, 0) is 57.2 Å². The molecule has 1 unspecified atom stereocenters. The van der Waals surface area contributed by atoms with Crippen molar-refractivity contribution in [1.29, 1.82) is 0 Å². The van der Waals surface area contributed by atoms with Gasteiger partial charge in [0.15, 0.2) is 0 Å². The number of hydrogen-bond acceptors (Lipinski definition) is 8. The SMILES string of the molecule is CCOc1cc2[nH]ncc2cc1Nc1ncnc2sc3c(c12)CC[C@H](C(=O)N1CCN2CCCCC2C1)C3. The molecule has 0 saturated carbocycles. The maximum Gasteiger partial charge on any atom is 0.226 e. The highest BCUT2D eigenvalue weighted by Crippen LogP contribution is 2.42. The first-order valence-corrected chi connectivity index (χ1v) is 14.6. The molecule has 3 aromatic heterocycles. The molecule has 4 aromatic rings. The molecule has 2 N–H and O–H groups in total. The van der Waals surface area contributed by atoms with Crippen molar-refractivity contribution in [3.63, 3.8) is 0 Å². The molecule has 2 fully saturated rings. The van der Waals surface area contributed by atoms with E-state index in [1.165, 1.54) is 36.2 Å². The third-order valence-corrected chi connectivity index (χ3v) is 9.60. The number of carbonyl (C=O) groups is 1. The molecule has 7 rings (SSSR count). The molecule has 3 aliphatic rings. The molecule has 1 amide bonds. The van der Waals surface area contributed by atoms with E-state index < -0.39 is 0 Å². The number of hydrogen-bond donors (Lipinski definition) is 2. The Bertz CT molecular complexity index is 1500. The fourth-order valence-corrected chi connectivity index (χ4v) is 7.77. The van der Waals surface area contributed by atoms with Gasteiger partial charge in [-0.3, -0.25) is 14.8 Å². The number of aryl methyl sites for hydroxylation is 1. The monoisotopic (exact) mass is 531 g/mol. The van der Waals surface area contributed by atoms with Crippen LogP contribution in [0.4, 0.5) is 11.5 Å². The molecule has 1 aliphatic carbocycles. The van der Waals surface area contributed by atoms with Crippen molar-refractivity contribution >= 4 is 49.9 Å². The molecule has 0 bridgehead atoms. The van der Waals surface area contributed by atoms with E-state index in [0.29, 0.717) is 18.6 Å². The van der Waals surface area contributed by atoms with Crippen molar-refractivity contribution in [2.75, 3.05) is 38.1 Å². The number of benzene rings is 1. The van der Waals surface area contributed by atoms with Crippen LogP contribution in [0.5, 0.6) is 5.75 Å². The lowest BCUT2D eigenvalue weighted by Gasteiger charge is -2.45. The van der Waals surface area contributed by atoms with Crippen LogP contribution in [0.1, 0.15) is 43.0 Å². The third-order valence-electron chi connectivity index (χ3n) is 8.44. The van der Waals surface area contributed by atoms with Gasteiger partial charge in [0, 0.05) is 47.9 Å². The Morgan fingerprint density at radius 3 is 3.08 bits per heavy atom. The molecule has 0 radical (unpaired) electrons. The van der Waals surface area contributed by atoms with Gasteiger partial charge in [-0.25, -0.2) is 9.97 Å². The number of amides is 1. The molecule has 198 valence electrons. The lowest BCUT2D eigenvalue weighted by atomic mass is 9.86. The first-order valence-electron chi connectivity index (χ1n) is 13.8. The van der Waals surface area contributed by atoms with E-state index in [9.17, 15) is 4.79 Å². The van der Waals surface area contributed by atoms with Gasteiger partial charge >= 0.3 is 0 Å². The number of fused-ring (bicyclic) bond motifs is 5. The zero-order chi connectivity index (χ0) is 25.6. The molecule has 2 atom stereocenters. The van der Waals surface area contributed by atoms with E-state index in [4.69, 9.17) is 4.74 Å². The van der Waals surface area contributed by atoms with Crippen LogP contribution in [0.2, 0.25) is 0 Å². The lowest BCUT2D eigenvalue weighted by molar-refractivity contribution is -0.139. The minimum Gasteiger partial charge on any atom is -0.492 e. The Balaban J connectivity index is 1.14. The van der Waals surface area contributed by atoms with Crippen LogP contribution < -0.4 is 10.1 Å². The minimum atomic E-state index is 0.0585. The fraction of sp³-hybridized carbons (Fsp3) is 0.500. The first-order chi connectivity index (χ1) is 18.7. The molecular formula is C28H33N7O2S. The molecule has 9 nitrogen and oxygen atoms in total. The fourth-order valence-electron chi connectivity index (χ4n) is 6.50. The molecule has 1 aromatic carbocycles. The Hall–Kier alpha value is -3.24. The van der Waals surface area contributed by atoms with Crippen LogP contribution in [0.3, 0.4) is 0 Å². The number of nitrogens with one attached hydrogen (secondary N) is 2. The maximum absolute atomic E-state index is 13.6. The predicted octanol–water partition coefficient (Wildman–Crippen LogP) is 4.51. The van der Waals surface area contributed by atoms with Crippen molar-refractivity contribution in [3.8, 4) is 5.75 Å². The number of H-pyrrole nitrogens is 1. The topological polar surface area (TPSA) is 99.3 Å². The van der Waals surface area contributed by atoms with Crippen LogP contribution in [0, 0.1) is 5.92 Å². The van der Waals surface area contributed by atoms with Crippen molar-refractivity contribution < 1.29 is 9.53 Å². The summed E-state index contributed by atoms with van der Waals surface area (Å²) in [6.07, 6.45) is 9.79. The van der Waals surface area contributed by atoms with E-state index in [0.717, 1.165) is 77.3 Å². The molecule has 2 saturated heterocycles. The highest BCUT2D eigenvalue weighted by molar-refractivity contribution is 7.19. The number of thiophene rings is 1. The zero-order valence-corrected chi connectivity index (χ0v) is 22.5. The van der Waals surface area contributed by atoms with Gasteiger partial charge in [0.25, 0.3) is 0 Å². The summed E-state index contributed by atoms with van der Waals surface area (Å²) in [4.78, 5) is 29.8. The molecule has 0 spiro atoms. The second-order valence-corrected chi connectivity index (χ2v) is 11.8. The van der Waals surface area contributed by atoms with Gasteiger partial charge in [-0.1, -0.05) is 6.42 Å². The van der Waals surface area contributed by atoms with Crippen LogP contribution in [0.15, 0.2) is 24.7 Å². The van der Waals surface area contributed by atoms with Crippen LogP contribution in [-0.2, 0) is 17.6 Å². The second kappa shape index (κ2) is 9.81. The lowest BCUT2D eigenvalue weighted by Crippen LogP contribution is -2.57. The van der Waals surface area contributed by atoms with Crippen molar-refractivity contribution in [3.05, 3.63) is 35.1 Å². The maximum atomic E-state index is 13.6. The standard InChI is InChI=1S/C28H33N7O2S/c1-2-37-23-13-21-18(14-31-33-21)11-22(23)32-26-25-20-7-6-17(12-24(20)38-27(25)30-16-29-26)28(36)35-10-9-34-8-4-3-5-19(34)15-35/h11,13-14,16-17,19H,2-10,12,15H2,1H3,(H,31,33)(H,29,30,32)/t17-,19?/m0/s1. The van der Waals surface area contributed by atoms with E-state index >= 15 is 0 Å². The summed E-state index contributed by atoms with van der Waals surface area (Å²) in [5.41, 5.74) is 3.07. The van der Waals surface area contributed by atoms with Crippen LogP contribution >= 0.6 is 11.3 Å².